The van der Waals surface area contributed by atoms with Crippen molar-refractivity contribution in [3.63, 3.8) is 0 Å². The highest BCUT2D eigenvalue weighted by Gasteiger charge is 2.24. The zero-order valence-electron chi connectivity index (χ0n) is 14.0. The Labute approximate surface area is 154 Å². The lowest BCUT2D eigenvalue weighted by Gasteiger charge is -2.20. The number of nitrogens with one attached hydrogen (secondary N) is 3. The second-order valence-corrected chi connectivity index (χ2v) is 6.71. The van der Waals surface area contributed by atoms with Crippen LogP contribution >= 0.6 is 15.9 Å². The van der Waals surface area contributed by atoms with Gasteiger partial charge in [0.15, 0.2) is 12.6 Å². The minimum Gasteiger partial charge on any atom is -0.321 e. The quantitative estimate of drug-likeness (QED) is 0.684. The molecule has 2 aromatic rings. The molecule has 2 aromatic carbocycles. The molecule has 0 aliphatic heterocycles. The molecule has 0 spiro atoms. The van der Waals surface area contributed by atoms with Crippen LogP contribution in [0.15, 0.2) is 53.0 Å². The molecule has 0 aliphatic carbocycles. The minimum absolute atomic E-state index is 0.117. The SMILES string of the molecule is C[C@H](C(=O)Nc1ccc(Br)cc1)[NH+](C)CC(=O)Nc1ccc(F)cc1. The third-order valence-corrected chi connectivity index (χ3v) is 4.34. The Morgan fingerprint density at radius 2 is 1.56 bits per heavy atom. The van der Waals surface area contributed by atoms with Gasteiger partial charge in [0.2, 0.25) is 0 Å². The zero-order chi connectivity index (χ0) is 18.4. The number of benzene rings is 2. The number of likely N-dealkylation sites (N-methyl/N-ethyl adjacent to an activating group) is 1. The van der Waals surface area contributed by atoms with Gasteiger partial charge in [0.25, 0.3) is 11.8 Å². The highest BCUT2D eigenvalue weighted by molar-refractivity contribution is 9.10. The van der Waals surface area contributed by atoms with Crippen molar-refractivity contribution in [2.75, 3.05) is 24.2 Å². The summed E-state index contributed by atoms with van der Waals surface area (Å²) in [7, 11) is 1.77. The maximum Gasteiger partial charge on any atom is 0.282 e. The summed E-state index contributed by atoms with van der Waals surface area (Å²) in [5.74, 6) is -0.777. The van der Waals surface area contributed by atoms with E-state index < -0.39 is 6.04 Å². The first kappa shape index (κ1) is 19.1. The van der Waals surface area contributed by atoms with Crippen molar-refractivity contribution in [1.82, 2.24) is 0 Å². The summed E-state index contributed by atoms with van der Waals surface area (Å²) in [5.41, 5.74) is 1.22. The second kappa shape index (κ2) is 8.73. The lowest BCUT2D eigenvalue weighted by molar-refractivity contribution is -0.885. The van der Waals surface area contributed by atoms with Crippen LogP contribution in [0, 0.1) is 5.82 Å². The van der Waals surface area contributed by atoms with E-state index >= 15 is 0 Å². The van der Waals surface area contributed by atoms with Crippen LogP contribution in [0.25, 0.3) is 0 Å². The van der Waals surface area contributed by atoms with Crippen molar-refractivity contribution in [3.8, 4) is 0 Å². The summed E-state index contributed by atoms with van der Waals surface area (Å²) >= 11 is 3.34. The second-order valence-electron chi connectivity index (χ2n) is 5.80. The third kappa shape index (κ3) is 5.95. The monoisotopic (exact) mass is 408 g/mol. The van der Waals surface area contributed by atoms with Crippen molar-refractivity contribution >= 4 is 39.1 Å². The predicted octanol–water partition coefficient (Wildman–Crippen LogP) is 2.07. The molecule has 0 aromatic heterocycles. The number of hydrogen-bond acceptors (Lipinski definition) is 2. The molecule has 0 saturated carbocycles. The maximum atomic E-state index is 12.9. The molecule has 0 fully saturated rings. The van der Waals surface area contributed by atoms with E-state index in [0.29, 0.717) is 11.4 Å². The fraction of sp³-hybridized carbons (Fsp3) is 0.222. The Morgan fingerprint density at radius 1 is 1.04 bits per heavy atom. The maximum absolute atomic E-state index is 12.9. The average Bonchev–Trinajstić information content (AvgIpc) is 2.58. The lowest BCUT2D eigenvalue weighted by Crippen LogP contribution is -3.14. The first-order valence-electron chi connectivity index (χ1n) is 7.79. The molecule has 0 bridgehead atoms. The van der Waals surface area contributed by atoms with Gasteiger partial charge < -0.3 is 15.5 Å². The molecular formula is C18H20BrFN3O2+. The summed E-state index contributed by atoms with van der Waals surface area (Å²) in [6.07, 6.45) is 0. The van der Waals surface area contributed by atoms with Crippen LogP contribution in [0.2, 0.25) is 0 Å². The first-order valence-corrected chi connectivity index (χ1v) is 8.58. The van der Waals surface area contributed by atoms with E-state index in [-0.39, 0.29) is 24.2 Å². The summed E-state index contributed by atoms with van der Waals surface area (Å²) in [6.45, 7) is 1.88. The third-order valence-electron chi connectivity index (χ3n) is 3.81. The molecule has 0 aliphatic rings. The summed E-state index contributed by atoms with van der Waals surface area (Å²) in [6, 6.07) is 12.4. The predicted molar refractivity (Wildman–Crippen MR) is 99.0 cm³/mol. The van der Waals surface area contributed by atoms with E-state index in [0.717, 1.165) is 9.37 Å². The van der Waals surface area contributed by atoms with Crippen LogP contribution in [0.4, 0.5) is 15.8 Å². The lowest BCUT2D eigenvalue weighted by atomic mass is 10.2. The topological polar surface area (TPSA) is 62.6 Å². The van der Waals surface area contributed by atoms with Crippen molar-refractivity contribution in [3.05, 3.63) is 58.8 Å². The average molecular weight is 409 g/mol. The standard InChI is InChI=1S/C18H19BrFN3O2/c1-12(18(25)22-16-7-3-13(19)4-8-16)23(2)11-17(24)21-15-9-5-14(20)6-10-15/h3-10,12H,11H2,1-2H3,(H,21,24)(H,22,25)/p+1/t12-/m1/s1. The molecule has 1 unspecified atom stereocenters. The molecule has 132 valence electrons. The van der Waals surface area contributed by atoms with Gasteiger partial charge in [-0.1, -0.05) is 15.9 Å². The van der Waals surface area contributed by atoms with Gasteiger partial charge in [-0.3, -0.25) is 9.59 Å². The molecular weight excluding hydrogens is 389 g/mol. The number of anilines is 2. The molecule has 7 heteroatoms. The minimum atomic E-state index is -0.414. The Kier molecular flexibility index (Phi) is 6.66. The van der Waals surface area contributed by atoms with Gasteiger partial charge >= 0.3 is 0 Å². The van der Waals surface area contributed by atoms with E-state index in [4.69, 9.17) is 0 Å². The Hall–Kier alpha value is -2.25. The fourth-order valence-corrected chi connectivity index (χ4v) is 2.42. The van der Waals surface area contributed by atoms with Crippen molar-refractivity contribution in [2.45, 2.75) is 13.0 Å². The van der Waals surface area contributed by atoms with Crippen LogP contribution in [0.1, 0.15) is 6.92 Å². The normalized spacial score (nSPS) is 13.0. The number of rotatable bonds is 6. The smallest absolute Gasteiger partial charge is 0.282 e. The van der Waals surface area contributed by atoms with Gasteiger partial charge in [0.1, 0.15) is 5.82 Å². The first-order chi connectivity index (χ1) is 11.8. The Bertz CT molecular complexity index is 735. The molecule has 5 nitrogen and oxygen atoms in total. The number of carbonyl (C=O) groups is 2. The molecule has 2 rings (SSSR count). The Morgan fingerprint density at radius 3 is 2.16 bits per heavy atom. The van der Waals surface area contributed by atoms with Gasteiger partial charge in [-0.15, -0.1) is 0 Å². The molecule has 2 amide bonds. The highest BCUT2D eigenvalue weighted by atomic mass is 79.9. The fourth-order valence-electron chi connectivity index (χ4n) is 2.15. The van der Waals surface area contributed by atoms with Crippen LogP contribution in [0.3, 0.4) is 0 Å². The number of quaternary nitrogens is 1. The zero-order valence-corrected chi connectivity index (χ0v) is 15.6. The van der Waals surface area contributed by atoms with Crippen molar-refractivity contribution in [2.24, 2.45) is 0 Å². The molecule has 2 atom stereocenters. The number of amides is 2. The summed E-state index contributed by atoms with van der Waals surface area (Å²) in [4.78, 5) is 25.1. The van der Waals surface area contributed by atoms with E-state index in [1.807, 2.05) is 12.1 Å². The largest absolute Gasteiger partial charge is 0.321 e. The molecule has 25 heavy (non-hydrogen) atoms. The van der Waals surface area contributed by atoms with Crippen LogP contribution < -0.4 is 15.5 Å². The van der Waals surface area contributed by atoms with Crippen molar-refractivity contribution < 1.29 is 18.9 Å². The molecule has 0 radical (unpaired) electrons. The van der Waals surface area contributed by atoms with Crippen molar-refractivity contribution in [1.29, 1.82) is 0 Å². The molecule has 0 saturated heterocycles. The Balaban J connectivity index is 1.86. The summed E-state index contributed by atoms with van der Waals surface area (Å²) in [5, 5.41) is 5.51. The van der Waals surface area contributed by atoms with Gasteiger partial charge in [-0.2, -0.15) is 0 Å². The van der Waals surface area contributed by atoms with Gasteiger partial charge in [0.05, 0.1) is 7.05 Å². The highest BCUT2D eigenvalue weighted by Crippen LogP contribution is 2.14. The summed E-state index contributed by atoms with van der Waals surface area (Å²) < 4.78 is 13.8. The van der Waals surface area contributed by atoms with Crippen LogP contribution in [-0.2, 0) is 9.59 Å². The van der Waals surface area contributed by atoms with Gasteiger partial charge in [0, 0.05) is 15.8 Å². The number of hydrogen-bond donors (Lipinski definition) is 3. The number of carbonyl (C=O) groups excluding carboxylic acids is 2. The van der Waals surface area contributed by atoms with E-state index in [9.17, 15) is 14.0 Å². The molecule has 3 N–H and O–H groups in total. The van der Waals surface area contributed by atoms with Crippen LogP contribution in [-0.4, -0.2) is 31.4 Å². The van der Waals surface area contributed by atoms with E-state index in [1.54, 1.807) is 26.1 Å². The van der Waals surface area contributed by atoms with Gasteiger partial charge in [-0.25, -0.2) is 4.39 Å². The molecule has 0 heterocycles. The van der Waals surface area contributed by atoms with Gasteiger partial charge in [-0.05, 0) is 55.5 Å². The number of halogens is 2. The van der Waals surface area contributed by atoms with Crippen LogP contribution in [0.5, 0.6) is 0 Å². The van der Waals surface area contributed by atoms with E-state index in [1.165, 1.54) is 24.3 Å². The van der Waals surface area contributed by atoms with E-state index in [2.05, 4.69) is 26.6 Å².